The summed E-state index contributed by atoms with van der Waals surface area (Å²) in [5.41, 5.74) is 0.788. The molecular formula is C26H31F3N4O2. The highest BCUT2D eigenvalue weighted by Crippen LogP contribution is 2.32. The van der Waals surface area contributed by atoms with E-state index >= 15 is 0 Å². The molecule has 188 valence electrons. The van der Waals surface area contributed by atoms with Crippen molar-refractivity contribution in [2.45, 2.75) is 56.9 Å². The molecule has 9 heteroatoms. The van der Waals surface area contributed by atoms with E-state index in [0.29, 0.717) is 11.7 Å². The second-order valence-corrected chi connectivity index (χ2v) is 9.57. The van der Waals surface area contributed by atoms with Gasteiger partial charge in [0.05, 0.1) is 18.2 Å². The highest BCUT2D eigenvalue weighted by Gasteiger charge is 2.35. The van der Waals surface area contributed by atoms with Crippen LogP contribution in [0.4, 0.5) is 13.2 Å². The number of alkyl halides is 3. The van der Waals surface area contributed by atoms with E-state index in [2.05, 4.69) is 22.1 Å². The number of hydrogen-bond donors (Lipinski definition) is 2. The van der Waals surface area contributed by atoms with Crippen LogP contribution in [0, 0.1) is 6.92 Å². The number of likely N-dealkylation sites (tertiary alicyclic amines) is 1. The summed E-state index contributed by atoms with van der Waals surface area (Å²) in [4.78, 5) is 26.9. The Morgan fingerprint density at radius 3 is 2.43 bits per heavy atom. The van der Waals surface area contributed by atoms with E-state index in [0.717, 1.165) is 56.5 Å². The van der Waals surface area contributed by atoms with Crippen molar-refractivity contribution in [3.8, 4) is 0 Å². The highest BCUT2D eigenvalue weighted by atomic mass is 19.4. The fraction of sp³-hybridized carbons (Fsp3) is 0.462. The molecule has 1 aromatic carbocycles. The Hall–Kier alpha value is -3.07. The van der Waals surface area contributed by atoms with Crippen LogP contribution < -0.4 is 16.2 Å². The van der Waals surface area contributed by atoms with Gasteiger partial charge in [-0.3, -0.25) is 14.5 Å². The molecule has 2 aromatic rings. The molecule has 4 rings (SSSR count). The number of amides is 1. The number of aryl methyl sites for hydroxylation is 1. The zero-order valence-electron chi connectivity index (χ0n) is 19.8. The summed E-state index contributed by atoms with van der Waals surface area (Å²) in [7, 11) is 0. The van der Waals surface area contributed by atoms with Gasteiger partial charge in [0.1, 0.15) is 0 Å². The maximum absolute atomic E-state index is 12.9. The second kappa shape index (κ2) is 10.3. The fourth-order valence-corrected chi connectivity index (χ4v) is 4.96. The number of rotatable bonds is 7. The van der Waals surface area contributed by atoms with Crippen LogP contribution in [0.15, 0.2) is 59.7 Å². The summed E-state index contributed by atoms with van der Waals surface area (Å²) in [6, 6.07) is 9.02. The Morgan fingerprint density at radius 1 is 1.09 bits per heavy atom. The number of carbonyl (C=O) groups is 1. The molecule has 2 fully saturated rings. The first kappa shape index (κ1) is 25.0. The third-order valence-electron chi connectivity index (χ3n) is 6.91. The third kappa shape index (κ3) is 6.14. The minimum Gasteiger partial charge on any atom is -0.382 e. The number of hydrogen-bond acceptors (Lipinski definition) is 4. The van der Waals surface area contributed by atoms with Crippen LogP contribution in [0.3, 0.4) is 0 Å². The molecule has 0 radical (unpaired) electrons. The van der Waals surface area contributed by atoms with Crippen LogP contribution in [-0.4, -0.2) is 47.1 Å². The van der Waals surface area contributed by atoms with Gasteiger partial charge in [0.25, 0.3) is 11.5 Å². The second-order valence-electron chi connectivity index (χ2n) is 9.57. The quantitative estimate of drug-likeness (QED) is 0.621. The van der Waals surface area contributed by atoms with E-state index in [1.54, 1.807) is 6.07 Å². The monoisotopic (exact) mass is 488 g/mol. The van der Waals surface area contributed by atoms with Crippen LogP contribution in [0.5, 0.6) is 0 Å². The molecule has 1 aliphatic carbocycles. The molecule has 0 bridgehead atoms. The van der Waals surface area contributed by atoms with Gasteiger partial charge < -0.3 is 15.2 Å². The number of pyridine rings is 1. The van der Waals surface area contributed by atoms with Crippen molar-refractivity contribution in [3.63, 3.8) is 0 Å². The smallest absolute Gasteiger partial charge is 0.382 e. The summed E-state index contributed by atoms with van der Waals surface area (Å²) in [6.45, 7) is 7.76. The SMILES string of the molecule is C=C(CNC(=O)c1cccc(C(F)(F)F)c1)NC1CN([C@H]2CC[C@@H](n3ccc(C)cc3=O)CC2)C1. The van der Waals surface area contributed by atoms with Crippen molar-refractivity contribution in [2.24, 2.45) is 0 Å². The molecule has 1 aromatic heterocycles. The topological polar surface area (TPSA) is 66.4 Å². The number of nitrogens with one attached hydrogen (secondary N) is 2. The van der Waals surface area contributed by atoms with Gasteiger partial charge in [-0.1, -0.05) is 12.6 Å². The van der Waals surface area contributed by atoms with E-state index in [9.17, 15) is 22.8 Å². The van der Waals surface area contributed by atoms with Gasteiger partial charge in [-0.25, -0.2) is 0 Å². The number of halogens is 3. The molecule has 2 heterocycles. The zero-order valence-corrected chi connectivity index (χ0v) is 19.8. The Labute approximate surface area is 202 Å². The predicted molar refractivity (Wildman–Crippen MR) is 128 cm³/mol. The third-order valence-corrected chi connectivity index (χ3v) is 6.91. The zero-order chi connectivity index (χ0) is 25.2. The maximum atomic E-state index is 12.9. The van der Waals surface area contributed by atoms with Crippen LogP contribution in [-0.2, 0) is 6.18 Å². The van der Waals surface area contributed by atoms with Crippen molar-refractivity contribution in [2.75, 3.05) is 19.6 Å². The molecule has 6 nitrogen and oxygen atoms in total. The van der Waals surface area contributed by atoms with Crippen LogP contribution in [0.1, 0.15) is 53.2 Å². The lowest BCUT2D eigenvalue weighted by Crippen LogP contribution is -2.61. The van der Waals surface area contributed by atoms with Gasteiger partial charge in [0.15, 0.2) is 0 Å². The molecule has 2 aliphatic rings. The van der Waals surface area contributed by atoms with Gasteiger partial charge in [0, 0.05) is 48.7 Å². The molecule has 1 amide bonds. The van der Waals surface area contributed by atoms with Crippen molar-refractivity contribution in [1.29, 1.82) is 0 Å². The maximum Gasteiger partial charge on any atom is 0.416 e. The standard InChI is InChI=1S/C26H31F3N4O2/c1-17-10-11-33(24(34)12-17)23-8-6-22(7-9-23)32-15-21(16-32)31-18(2)14-30-25(35)19-4-3-5-20(13-19)26(27,28)29/h3-5,10-13,21-23,31H,2,6-9,14-16H2,1H3,(H,30,35)/t22-,23+. The Morgan fingerprint density at radius 2 is 1.77 bits per heavy atom. The molecule has 35 heavy (non-hydrogen) atoms. The lowest BCUT2D eigenvalue weighted by Gasteiger charge is -2.47. The summed E-state index contributed by atoms with van der Waals surface area (Å²) in [5, 5.41) is 5.92. The van der Waals surface area contributed by atoms with E-state index < -0.39 is 17.6 Å². The first-order chi connectivity index (χ1) is 16.6. The molecule has 1 aliphatic heterocycles. The Balaban J connectivity index is 1.17. The predicted octanol–water partition coefficient (Wildman–Crippen LogP) is 3.88. The number of aromatic nitrogens is 1. The summed E-state index contributed by atoms with van der Waals surface area (Å²) in [5.74, 6) is -0.571. The van der Waals surface area contributed by atoms with Gasteiger partial charge in [-0.2, -0.15) is 13.2 Å². The van der Waals surface area contributed by atoms with E-state index in [-0.39, 0.29) is 29.8 Å². The molecular weight excluding hydrogens is 457 g/mol. The summed E-state index contributed by atoms with van der Waals surface area (Å²) in [6.07, 6.45) is 1.48. The Kier molecular flexibility index (Phi) is 7.35. The van der Waals surface area contributed by atoms with E-state index in [4.69, 9.17) is 0 Å². The van der Waals surface area contributed by atoms with Crippen molar-refractivity contribution in [1.82, 2.24) is 20.1 Å². The molecule has 1 saturated heterocycles. The fourth-order valence-electron chi connectivity index (χ4n) is 4.96. The molecule has 0 unspecified atom stereocenters. The average molecular weight is 489 g/mol. The molecule has 0 spiro atoms. The van der Waals surface area contributed by atoms with Crippen LogP contribution >= 0.6 is 0 Å². The minimum absolute atomic E-state index is 0.0362. The minimum atomic E-state index is -4.49. The van der Waals surface area contributed by atoms with Crippen molar-refractivity contribution in [3.05, 3.63) is 81.9 Å². The number of nitrogens with zero attached hydrogens (tertiary/aromatic N) is 2. The van der Waals surface area contributed by atoms with Gasteiger partial charge in [0.2, 0.25) is 0 Å². The first-order valence-electron chi connectivity index (χ1n) is 11.9. The normalized spacial score (nSPS) is 21.3. The van der Waals surface area contributed by atoms with Crippen LogP contribution in [0.25, 0.3) is 0 Å². The van der Waals surface area contributed by atoms with E-state index in [1.165, 1.54) is 12.1 Å². The summed E-state index contributed by atoms with van der Waals surface area (Å²) >= 11 is 0. The van der Waals surface area contributed by atoms with Crippen molar-refractivity contribution >= 4 is 5.91 Å². The van der Waals surface area contributed by atoms with Gasteiger partial charge in [-0.05, 0) is 62.4 Å². The summed E-state index contributed by atoms with van der Waals surface area (Å²) < 4.78 is 40.4. The number of benzene rings is 1. The first-order valence-corrected chi connectivity index (χ1v) is 11.9. The number of carbonyl (C=O) groups excluding carboxylic acids is 1. The Bertz CT molecular complexity index is 1130. The van der Waals surface area contributed by atoms with Crippen molar-refractivity contribution < 1.29 is 18.0 Å². The largest absolute Gasteiger partial charge is 0.416 e. The highest BCUT2D eigenvalue weighted by molar-refractivity contribution is 5.94. The van der Waals surface area contributed by atoms with Gasteiger partial charge in [-0.15, -0.1) is 0 Å². The lowest BCUT2D eigenvalue weighted by molar-refractivity contribution is -0.137. The lowest BCUT2D eigenvalue weighted by atomic mass is 9.87. The van der Waals surface area contributed by atoms with Gasteiger partial charge >= 0.3 is 6.18 Å². The molecule has 0 atom stereocenters. The molecule has 1 saturated carbocycles. The van der Waals surface area contributed by atoms with Crippen LogP contribution in [0.2, 0.25) is 0 Å². The van der Waals surface area contributed by atoms with E-state index in [1.807, 2.05) is 23.8 Å². The average Bonchev–Trinajstić information content (AvgIpc) is 2.79. The molecule has 2 N–H and O–H groups in total.